The minimum Gasteiger partial charge on any atom is -0.377 e. The SMILES string of the molecule is COC1(C(Cc2ccc(Br)s2)NN)CCCCC1. The Morgan fingerprint density at radius 1 is 1.44 bits per heavy atom. The van der Waals surface area contributed by atoms with Crippen LogP contribution in [0, 0.1) is 0 Å². The predicted molar refractivity (Wildman–Crippen MR) is 79.7 cm³/mol. The fraction of sp³-hybridized carbons (Fsp3) is 0.692. The molecule has 18 heavy (non-hydrogen) atoms. The second-order valence-electron chi connectivity index (χ2n) is 4.96. The van der Waals surface area contributed by atoms with Gasteiger partial charge in [0.05, 0.1) is 15.4 Å². The van der Waals surface area contributed by atoms with E-state index in [0.717, 1.165) is 19.3 Å². The van der Waals surface area contributed by atoms with Crippen LogP contribution in [-0.2, 0) is 11.2 Å². The molecule has 0 saturated heterocycles. The van der Waals surface area contributed by atoms with Crippen molar-refractivity contribution in [2.24, 2.45) is 5.84 Å². The molecule has 0 aromatic carbocycles. The molecule has 2 rings (SSSR count). The van der Waals surface area contributed by atoms with E-state index in [4.69, 9.17) is 10.6 Å². The normalized spacial score (nSPS) is 20.8. The molecule has 1 unspecified atom stereocenters. The van der Waals surface area contributed by atoms with E-state index >= 15 is 0 Å². The van der Waals surface area contributed by atoms with Crippen molar-refractivity contribution in [1.82, 2.24) is 5.43 Å². The molecule has 0 amide bonds. The summed E-state index contributed by atoms with van der Waals surface area (Å²) in [7, 11) is 1.82. The van der Waals surface area contributed by atoms with Crippen LogP contribution in [0.15, 0.2) is 15.9 Å². The van der Waals surface area contributed by atoms with Crippen molar-refractivity contribution in [3.63, 3.8) is 0 Å². The summed E-state index contributed by atoms with van der Waals surface area (Å²) in [6.07, 6.45) is 6.92. The molecule has 102 valence electrons. The third-order valence-corrected chi connectivity index (χ3v) is 5.62. The summed E-state index contributed by atoms with van der Waals surface area (Å²) in [5.41, 5.74) is 2.89. The first-order chi connectivity index (χ1) is 8.70. The molecular formula is C13H21BrN2OS. The highest BCUT2D eigenvalue weighted by molar-refractivity contribution is 9.11. The number of halogens is 1. The minimum atomic E-state index is -0.0938. The van der Waals surface area contributed by atoms with Crippen molar-refractivity contribution in [3.05, 3.63) is 20.8 Å². The molecule has 5 heteroatoms. The van der Waals surface area contributed by atoms with Crippen molar-refractivity contribution < 1.29 is 4.74 Å². The van der Waals surface area contributed by atoms with E-state index in [1.165, 1.54) is 27.9 Å². The van der Waals surface area contributed by atoms with Crippen LogP contribution in [0.5, 0.6) is 0 Å². The quantitative estimate of drug-likeness (QED) is 0.642. The zero-order chi connectivity index (χ0) is 13.0. The summed E-state index contributed by atoms with van der Waals surface area (Å²) < 4.78 is 7.03. The lowest BCUT2D eigenvalue weighted by Crippen LogP contribution is -2.56. The zero-order valence-corrected chi connectivity index (χ0v) is 13.1. The Balaban J connectivity index is 2.10. The molecule has 0 radical (unpaired) electrons. The Morgan fingerprint density at radius 3 is 2.67 bits per heavy atom. The average molecular weight is 333 g/mol. The number of thiophene rings is 1. The number of hydrogen-bond donors (Lipinski definition) is 2. The number of nitrogens with one attached hydrogen (secondary N) is 1. The Bertz CT molecular complexity index is 377. The monoisotopic (exact) mass is 332 g/mol. The zero-order valence-electron chi connectivity index (χ0n) is 10.7. The molecule has 1 saturated carbocycles. The van der Waals surface area contributed by atoms with Gasteiger partial charge in [0.1, 0.15) is 0 Å². The summed E-state index contributed by atoms with van der Waals surface area (Å²) in [6, 6.07) is 4.44. The number of hydrazine groups is 1. The van der Waals surface area contributed by atoms with Crippen LogP contribution in [0.4, 0.5) is 0 Å². The number of hydrogen-bond acceptors (Lipinski definition) is 4. The highest BCUT2D eigenvalue weighted by Crippen LogP contribution is 2.36. The fourth-order valence-corrected chi connectivity index (χ4v) is 4.43. The summed E-state index contributed by atoms with van der Waals surface area (Å²) in [5.74, 6) is 5.78. The van der Waals surface area contributed by atoms with Crippen LogP contribution >= 0.6 is 27.3 Å². The first-order valence-electron chi connectivity index (χ1n) is 6.46. The maximum Gasteiger partial charge on any atom is 0.0847 e. The molecule has 3 N–H and O–H groups in total. The van der Waals surface area contributed by atoms with Crippen LogP contribution in [0.3, 0.4) is 0 Å². The van der Waals surface area contributed by atoms with Crippen molar-refractivity contribution >= 4 is 27.3 Å². The summed E-state index contributed by atoms with van der Waals surface area (Å²) in [4.78, 5) is 1.34. The highest BCUT2D eigenvalue weighted by Gasteiger charge is 2.39. The van der Waals surface area contributed by atoms with E-state index in [0.29, 0.717) is 0 Å². The Labute approximate surface area is 121 Å². The van der Waals surface area contributed by atoms with Crippen LogP contribution in [0.25, 0.3) is 0 Å². The van der Waals surface area contributed by atoms with Crippen molar-refractivity contribution in [1.29, 1.82) is 0 Å². The van der Waals surface area contributed by atoms with Gasteiger partial charge in [0.2, 0.25) is 0 Å². The molecule has 1 aromatic heterocycles. The maximum atomic E-state index is 5.86. The van der Waals surface area contributed by atoms with Crippen molar-refractivity contribution in [3.8, 4) is 0 Å². The van der Waals surface area contributed by atoms with E-state index < -0.39 is 0 Å². The fourth-order valence-electron chi connectivity index (χ4n) is 2.90. The van der Waals surface area contributed by atoms with E-state index in [9.17, 15) is 0 Å². The largest absolute Gasteiger partial charge is 0.377 e. The third kappa shape index (κ3) is 3.14. The van der Waals surface area contributed by atoms with Gasteiger partial charge in [-0.15, -0.1) is 11.3 Å². The van der Waals surface area contributed by atoms with Crippen molar-refractivity contribution in [2.45, 2.75) is 50.2 Å². The van der Waals surface area contributed by atoms with Crippen LogP contribution in [0.2, 0.25) is 0 Å². The Morgan fingerprint density at radius 2 is 2.17 bits per heavy atom. The highest BCUT2D eigenvalue weighted by atomic mass is 79.9. The molecule has 0 spiro atoms. The van der Waals surface area contributed by atoms with Gasteiger partial charge in [0, 0.05) is 18.4 Å². The lowest BCUT2D eigenvalue weighted by Gasteiger charge is -2.42. The number of ether oxygens (including phenoxy) is 1. The number of methoxy groups -OCH3 is 1. The lowest BCUT2D eigenvalue weighted by atomic mass is 9.78. The van der Waals surface area contributed by atoms with Crippen LogP contribution < -0.4 is 11.3 Å². The van der Waals surface area contributed by atoms with E-state index in [2.05, 4.69) is 33.5 Å². The summed E-state index contributed by atoms with van der Waals surface area (Å²) in [5, 5.41) is 0. The lowest BCUT2D eigenvalue weighted by molar-refractivity contribution is -0.0672. The average Bonchev–Trinajstić information content (AvgIpc) is 2.82. The standard InChI is InChI=1S/C13H21BrN2OS/c1-17-13(7-3-2-4-8-13)11(16-15)9-10-5-6-12(14)18-10/h5-6,11,16H,2-4,7-9,15H2,1H3. The number of nitrogens with two attached hydrogens (primary N) is 1. The molecule has 0 aliphatic heterocycles. The predicted octanol–water partition coefficient (Wildman–Crippen LogP) is 3.23. The molecular weight excluding hydrogens is 312 g/mol. The molecule has 3 nitrogen and oxygen atoms in total. The summed E-state index contributed by atoms with van der Waals surface area (Å²) in [6.45, 7) is 0. The molecule has 1 heterocycles. The molecule has 1 aromatic rings. The molecule has 1 atom stereocenters. The third-order valence-electron chi connectivity index (χ3n) is 3.98. The van der Waals surface area contributed by atoms with Crippen LogP contribution in [-0.4, -0.2) is 18.8 Å². The number of rotatable bonds is 5. The van der Waals surface area contributed by atoms with Crippen molar-refractivity contribution in [2.75, 3.05) is 7.11 Å². The van der Waals surface area contributed by atoms with E-state index in [1.807, 2.05) is 7.11 Å². The van der Waals surface area contributed by atoms with Gasteiger partial charge in [-0.1, -0.05) is 19.3 Å². The van der Waals surface area contributed by atoms with E-state index in [1.54, 1.807) is 11.3 Å². The summed E-state index contributed by atoms with van der Waals surface area (Å²) >= 11 is 5.28. The van der Waals surface area contributed by atoms with E-state index in [-0.39, 0.29) is 11.6 Å². The topological polar surface area (TPSA) is 47.3 Å². The van der Waals surface area contributed by atoms with Gasteiger partial charge in [-0.2, -0.15) is 0 Å². The molecule has 1 fully saturated rings. The van der Waals surface area contributed by atoms with Gasteiger partial charge < -0.3 is 4.74 Å². The van der Waals surface area contributed by atoms with Gasteiger partial charge in [-0.05, 0) is 40.9 Å². The minimum absolute atomic E-state index is 0.0938. The van der Waals surface area contributed by atoms with Gasteiger partial charge >= 0.3 is 0 Å². The van der Waals surface area contributed by atoms with Gasteiger partial charge in [-0.3, -0.25) is 11.3 Å². The maximum absolute atomic E-state index is 5.86. The van der Waals surface area contributed by atoms with Crippen LogP contribution in [0.1, 0.15) is 37.0 Å². The Kier molecular flexibility index (Phi) is 5.21. The molecule has 0 bridgehead atoms. The molecule has 1 aliphatic carbocycles. The second kappa shape index (κ2) is 6.48. The van der Waals surface area contributed by atoms with Gasteiger partial charge in [0.25, 0.3) is 0 Å². The second-order valence-corrected chi connectivity index (χ2v) is 7.51. The first kappa shape index (κ1) is 14.5. The Hall–Kier alpha value is 0.0600. The molecule has 1 aliphatic rings. The first-order valence-corrected chi connectivity index (χ1v) is 8.06. The smallest absolute Gasteiger partial charge is 0.0847 e. The van der Waals surface area contributed by atoms with Gasteiger partial charge in [-0.25, -0.2) is 0 Å². The van der Waals surface area contributed by atoms with Gasteiger partial charge in [0.15, 0.2) is 0 Å².